The third kappa shape index (κ3) is 3.25. The summed E-state index contributed by atoms with van der Waals surface area (Å²) < 4.78 is 0. The van der Waals surface area contributed by atoms with E-state index in [2.05, 4.69) is 0 Å². The maximum Gasteiger partial charge on any atom is 0.230 e. The largest absolute Gasteiger partial charge is 0.506 e. The molecule has 4 unspecified atom stereocenters. The number of aromatic hydroxyl groups is 1. The van der Waals surface area contributed by atoms with Crippen molar-refractivity contribution in [1.29, 1.82) is 0 Å². The number of likely N-dealkylation sites (N-methyl/N-ethyl adjacent to an activating group) is 1. The molecule has 1 aromatic rings. The second kappa shape index (κ2) is 8.21. The molecular formula is C24H29N3O8. The van der Waals surface area contributed by atoms with Crippen LogP contribution < -0.4 is 10.6 Å². The van der Waals surface area contributed by atoms with Gasteiger partial charge in [0.1, 0.15) is 11.7 Å². The van der Waals surface area contributed by atoms with Crippen LogP contribution in [-0.4, -0.2) is 95.7 Å². The zero-order valence-electron chi connectivity index (χ0n) is 19.9. The lowest BCUT2D eigenvalue weighted by atomic mass is 9.52. The summed E-state index contributed by atoms with van der Waals surface area (Å²) in [6.45, 7) is 0. The number of carbonyl (C=O) groups is 5. The second-order valence-corrected chi connectivity index (χ2v) is 10.2. The molecule has 1 aromatic carbocycles. The highest BCUT2D eigenvalue weighted by Crippen LogP contribution is 2.52. The maximum absolute atomic E-state index is 13.8. The van der Waals surface area contributed by atoms with Gasteiger partial charge < -0.3 is 30.9 Å². The van der Waals surface area contributed by atoms with Crippen molar-refractivity contribution in [3.05, 3.63) is 22.8 Å². The quantitative estimate of drug-likeness (QED) is 0.290. The maximum atomic E-state index is 13.8. The van der Waals surface area contributed by atoms with Crippen molar-refractivity contribution in [3.8, 4) is 5.75 Å². The van der Waals surface area contributed by atoms with Gasteiger partial charge >= 0.3 is 0 Å². The van der Waals surface area contributed by atoms with Crippen molar-refractivity contribution in [2.75, 3.05) is 33.1 Å². The van der Waals surface area contributed by atoms with Crippen LogP contribution in [0.1, 0.15) is 32.7 Å². The van der Waals surface area contributed by atoms with E-state index in [4.69, 9.17) is 5.73 Å². The smallest absolute Gasteiger partial charge is 0.230 e. The molecule has 0 spiro atoms. The number of aliphatic hydroxyl groups is 2. The van der Waals surface area contributed by atoms with Gasteiger partial charge in [-0.2, -0.15) is 0 Å². The number of amides is 1. The summed E-state index contributed by atoms with van der Waals surface area (Å²) in [5, 5.41) is 33.1. The fourth-order valence-corrected chi connectivity index (χ4v) is 6.38. The van der Waals surface area contributed by atoms with E-state index >= 15 is 0 Å². The molecule has 0 aliphatic heterocycles. The van der Waals surface area contributed by atoms with E-state index in [1.807, 2.05) is 0 Å². The summed E-state index contributed by atoms with van der Waals surface area (Å²) >= 11 is 0. The van der Waals surface area contributed by atoms with Gasteiger partial charge in [-0.1, -0.05) is 0 Å². The van der Waals surface area contributed by atoms with Crippen LogP contribution >= 0.6 is 0 Å². The van der Waals surface area contributed by atoms with Gasteiger partial charge in [0.05, 0.1) is 23.1 Å². The van der Waals surface area contributed by atoms with Gasteiger partial charge in [0.15, 0.2) is 29.2 Å². The van der Waals surface area contributed by atoms with Crippen molar-refractivity contribution in [2.45, 2.75) is 30.6 Å². The fraction of sp³-hybridized carbons (Fsp3) is 0.542. The molecule has 5 N–H and O–H groups in total. The number of phenols is 1. The normalized spacial score (nSPS) is 34.2. The zero-order valence-corrected chi connectivity index (χ0v) is 19.9. The molecule has 35 heavy (non-hydrogen) atoms. The van der Waals surface area contributed by atoms with E-state index < -0.39 is 70.4 Å². The molecule has 0 bridgehead atoms. The van der Waals surface area contributed by atoms with Gasteiger partial charge in [-0.25, -0.2) is 0 Å². The number of nitrogens with two attached hydrogens (primary N) is 1. The summed E-state index contributed by atoms with van der Waals surface area (Å²) in [5.74, 6) is -9.86. The third-order valence-corrected chi connectivity index (χ3v) is 7.90. The molecule has 2 fully saturated rings. The molecule has 2 saturated carbocycles. The number of anilines is 1. The fourth-order valence-electron chi connectivity index (χ4n) is 6.38. The molecule has 0 aromatic heterocycles. The topological polar surface area (TPSA) is 179 Å². The molecule has 0 saturated heterocycles. The highest BCUT2D eigenvalue weighted by Gasteiger charge is 2.69. The van der Waals surface area contributed by atoms with Gasteiger partial charge in [-0.3, -0.25) is 24.0 Å². The first kappa shape index (κ1) is 25.0. The Morgan fingerprint density at radius 2 is 1.80 bits per heavy atom. The van der Waals surface area contributed by atoms with Gasteiger partial charge in [0.2, 0.25) is 5.91 Å². The van der Waals surface area contributed by atoms with Gasteiger partial charge in [0.25, 0.3) is 0 Å². The van der Waals surface area contributed by atoms with Crippen molar-refractivity contribution >= 4 is 35.2 Å². The van der Waals surface area contributed by atoms with Crippen molar-refractivity contribution in [2.24, 2.45) is 29.4 Å². The second-order valence-electron chi connectivity index (χ2n) is 10.2. The zero-order chi connectivity index (χ0) is 26.1. The number of aldehydes is 1. The lowest BCUT2D eigenvalue weighted by Crippen LogP contribution is -2.75. The number of ketones is 3. The Hall–Kier alpha value is -3.15. The predicted octanol–water partition coefficient (Wildman–Crippen LogP) is -1.46. The number of carbonyl (C=O) groups excluding carboxylic acids is 5. The molecule has 188 valence electrons. The van der Waals surface area contributed by atoms with Crippen LogP contribution in [0.25, 0.3) is 0 Å². The summed E-state index contributed by atoms with van der Waals surface area (Å²) in [4.78, 5) is 67.5. The minimum Gasteiger partial charge on any atom is -0.506 e. The van der Waals surface area contributed by atoms with Gasteiger partial charge in [-0.15, -0.1) is 0 Å². The number of hydrogen-bond acceptors (Lipinski definition) is 10. The Morgan fingerprint density at radius 1 is 1.17 bits per heavy atom. The van der Waals surface area contributed by atoms with E-state index in [1.165, 1.54) is 11.0 Å². The minimum atomic E-state index is -2.72. The van der Waals surface area contributed by atoms with Gasteiger partial charge in [-0.05, 0) is 44.5 Å². The number of primary amides is 1. The number of hydrogen-bond donors (Lipinski definition) is 4. The first-order valence-electron chi connectivity index (χ1n) is 11.3. The third-order valence-electron chi connectivity index (χ3n) is 7.90. The first-order chi connectivity index (χ1) is 16.3. The average Bonchev–Trinajstić information content (AvgIpc) is 2.75. The van der Waals surface area contributed by atoms with E-state index in [9.17, 15) is 39.3 Å². The number of Topliss-reactive ketones (excluding diaryl/α,β-unsaturated/α-hetero) is 3. The molecule has 4 rings (SSSR count). The number of fused-ring (bicyclic) bond motifs is 3. The Morgan fingerprint density at radius 3 is 2.31 bits per heavy atom. The number of rotatable bonds is 4. The number of benzene rings is 1. The average molecular weight is 488 g/mol. The van der Waals surface area contributed by atoms with Crippen LogP contribution in [0.2, 0.25) is 0 Å². The first-order valence-corrected chi connectivity index (χ1v) is 11.3. The van der Waals surface area contributed by atoms with Crippen LogP contribution in [0.3, 0.4) is 0 Å². The van der Waals surface area contributed by atoms with Crippen LogP contribution in [0.5, 0.6) is 5.75 Å². The van der Waals surface area contributed by atoms with Crippen molar-refractivity contribution < 1.29 is 39.3 Å². The lowest BCUT2D eigenvalue weighted by Gasteiger charge is -2.55. The molecule has 11 nitrogen and oxygen atoms in total. The summed E-state index contributed by atoms with van der Waals surface area (Å²) in [6, 6.07) is 0.500. The molecular weight excluding hydrogens is 458 g/mol. The van der Waals surface area contributed by atoms with Crippen LogP contribution in [0.15, 0.2) is 6.07 Å². The number of phenolic OH excluding ortho intramolecular Hbond substituents is 1. The van der Waals surface area contributed by atoms with Crippen LogP contribution in [0, 0.1) is 23.7 Å². The highest BCUT2D eigenvalue weighted by molar-refractivity contribution is 6.26. The Bertz CT molecular complexity index is 1160. The van der Waals surface area contributed by atoms with E-state index in [-0.39, 0.29) is 24.0 Å². The molecule has 1 amide bonds. The number of aliphatic hydroxyl groups excluding tert-OH is 1. The Balaban J connectivity index is 1.91. The van der Waals surface area contributed by atoms with E-state index in [0.29, 0.717) is 17.5 Å². The standard InChI is InChI=1S/C24H29N3O8/c1-26(2)13-7-10(8-28)18(29)15-11(13)5-9-6-12-17(27(3)4)20(31)16(23(25)34)22(33)24(12,35)21(32)14(9)19(15)30/h7-9,12,14,16-17,20,29,31,35H,5-6H2,1-4H3,(H2,25,34)/t9-,12-,14?,16?,17?,20?,24-/m1/s1. The summed E-state index contributed by atoms with van der Waals surface area (Å²) in [6.07, 6.45) is -0.959. The van der Waals surface area contributed by atoms with Crippen LogP contribution in [0.4, 0.5) is 5.69 Å². The monoisotopic (exact) mass is 487 g/mol. The molecule has 7 atom stereocenters. The molecule has 3 aliphatic rings. The molecule has 3 aliphatic carbocycles. The number of nitrogens with zero attached hydrogens (tertiary/aromatic N) is 2. The Labute approximate surface area is 201 Å². The summed E-state index contributed by atoms with van der Waals surface area (Å²) in [5.41, 5.74) is 3.31. The van der Waals surface area contributed by atoms with Crippen molar-refractivity contribution in [3.63, 3.8) is 0 Å². The molecule has 0 radical (unpaired) electrons. The molecule has 11 heteroatoms. The minimum absolute atomic E-state index is 0.0261. The Kier molecular flexibility index (Phi) is 5.86. The predicted molar refractivity (Wildman–Crippen MR) is 122 cm³/mol. The highest BCUT2D eigenvalue weighted by atomic mass is 16.3. The van der Waals surface area contributed by atoms with E-state index in [1.54, 1.807) is 33.1 Å². The lowest BCUT2D eigenvalue weighted by molar-refractivity contribution is -0.190. The SMILES string of the molecule is CN(C)c1cc(C=O)c(O)c2c1C[C@@H]1C[C@@H]3C(N(C)C)C(O)C(C(N)=O)C(=O)[C@]3(O)C(=O)C1C2=O. The summed E-state index contributed by atoms with van der Waals surface area (Å²) in [7, 11) is 6.60. The van der Waals surface area contributed by atoms with Crippen molar-refractivity contribution in [1.82, 2.24) is 4.90 Å². The van der Waals surface area contributed by atoms with Gasteiger partial charge in [0, 0.05) is 31.7 Å². The molecule has 0 heterocycles. The van der Waals surface area contributed by atoms with Crippen LogP contribution in [-0.2, 0) is 20.8 Å². The van der Waals surface area contributed by atoms with E-state index in [0.717, 1.165) is 0 Å².